The van der Waals surface area contributed by atoms with E-state index in [0.717, 1.165) is 0 Å². The minimum atomic E-state index is -0.476. The number of amides is 1. The lowest BCUT2D eigenvalue weighted by Crippen LogP contribution is -2.15. The lowest BCUT2D eigenvalue weighted by Gasteiger charge is -2.10. The van der Waals surface area contributed by atoms with E-state index in [0.29, 0.717) is 33.8 Å². The first-order valence-electron chi connectivity index (χ1n) is 7.53. The van der Waals surface area contributed by atoms with Crippen molar-refractivity contribution in [3.8, 4) is 0 Å². The van der Waals surface area contributed by atoms with E-state index in [1.165, 1.54) is 0 Å². The maximum absolute atomic E-state index is 12.5. The van der Waals surface area contributed by atoms with Gasteiger partial charge in [0.05, 0.1) is 17.9 Å². The standard InChI is InChI=1S/C18H16N2O4/c1-3-23-18(22)13-6-4-5-7-14(13)20-17(21)12-8-9-16-15(10-12)19-11(2)24-16/h4-10H,3H2,1-2H3,(H,20,21). The first-order chi connectivity index (χ1) is 11.6. The number of hydrogen-bond acceptors (Lipinski definition) is 5. The second-order valence-electron chi connectivity index (χ2n) is 5.14. The zero-order valence-electron chi connectivity index (χ0n) is 13.3. The number of nitrogens with one attached hydrogen (secondary N) is 1. The molecule has 0 saturated carbocycles. The van der Waals surface area contributed by atoms with Crippen LogP contribution in [0.4, 0.5) is 5.69 Å². The molecule has 0 aliphatic heterocycles. The Morgan fingerprint density at radius 3 is 2.79 bits per heavy atom. The summed E-state index contributed by atoms with van der Waals surface area (Å²) in [6.07, 6.45) is 0. The Hall–Kier alpha value is -3.15. The van der Waals surface area contributed by atoms with Crippen molar-refractivity contribution in [3.63, 3.8) is 0 Å². The smallest absolute Gasteiger partial charge is 0.340 e. The Labute approximate surface area is 138 Å². The summed E-state index contributed by atoms with van der Waals surface area (Å²) in [4.78, 5) is 28.7. The summed E-state index contributed by atoms with van der Waals surface area (Å²) in [5.41, 5.74) is 2.37. The number of fused-ring (bicyclic) bond motifs is 1. The molecule has 0 unspecified atom stereocenters. The summed E-state index contributed by atoms with van der Waals surface area (Å²) >= 11 is 0. The molecule has 0 atom stereocenters. The number of oxazole rings is 1. The number of aromatic nitrogens is 1. The van der Waals surface area contributed by atoms with E-state index in [2.05, 4.69) is 10.3 Å². The molecule has 6 heteroatoms. The van der Waals surface area contributed by atoms with Crippen molar-refractivity contribution in [1.29, 1.82) is 0 Å². The fourth-order valence-corrected chi connectivity index (χ4v) is 2.36. The van der Waals surface area contributed by atoms with Crippen molar-refractivity contribution in [2.24, 2.45) is 0 Å². The van der Waals surface area contributed by atoms with E-state index in [9.17, 15) is 9.59 Å². The average molecular weight is 324 g/mol. The minimum Gasteiger partial charge on any atom is -0.462 e. The van der Waals surface area contributed by atoms with Gasteiger partial charge in [0.25, 0.3) is 5.91 Å². The molecule has 3 rings (SSSR count). The first kappa shape index (κ1) is 15.7. The van der Waals surface area contributed by atoms with Gasteiger partial charge in [-0.15, -0.1) is 0 Å². The number of rotatable bonds is 4. The van der Waals surface area contributed by atoms with Crippen molar-refractivity contribution in [1.82, 2.24) is 4.98 Å². The van der Waals surface area contributed by atoms with Gasteiger partial charge in [0.15, 0.2) is 11.5 Å². The summed E-state index contributed by atoms with van der Waals surface area (Å²) in [6, 6.07) is 11.7. The second kappa shape index (κ2) is 6.54. The number of aryl methyl sites for hydroxylation is 1. The highest BCUT2D eigenvalue weighted by atomic mass is 16.5. The number of hydrogen-bond donors (Lipinski definition) is 1. The van der Waals surface area contributed by atoms with Gasteiger partial charge in [-0.25, -0.2) is 9.78 Å². The van der Waals surface area contributed by atoms with E-state index < -0.39 is 5.97 Å². The van der Waals surface area contributed by atoms with Crippen LogP contribution in [-0.2, 0) is 4.74 Å². The Bertz CT molecular complexity index is 914. The predicted molar refractivity (Wildman–Crippen MR) is 89.1 cm³/mol. The summed E-state index contributed by atoms with van der Waals surface area (Å²) < 4.78 is 10.4. The third-order valence-corrected chi connectivity index (χ3v) is 3.43. The van der Waals surface area contributed by atoms with E-state index in [1.54, 1.807) is 56.3 Å². The normalized spacial score (nSPS) is 10.6. The number of benzene rings is 2. The highest BCUT2D eigenvalue weighted by Crippen LogP contribution is 2.20. The van der Waals surface area contributed by atoms with Crippen LogP contribution < -0.4 is 5.32 Å². The zero-order chi connectivity index (χ0) is 17.1. The Morgan fingerprint density at radius 1 is 1.21 bits per heavy atom. The molecule has 1 N–H and O–H groups in total. The molecule has 6 nitrogen and oxygen atoms in total. The topological polar surface area (TPSA) is 81.4 Å². The van der Waals surface area contributed by atoms with Crippen LogP contribution in [0.3, 0.4) is 0 Å². The van der Waals surface area contributed by atoms with E-state index in [1.807, 2.05) is 0 Å². The van der Waals surface area contributed by atoms with Crippen molar-refractivity contribution < 1.29 is 18.7 Å². The number of nitrogens with zero attached hydrogens (tertiary/aromatic N) is 1. The number of anilines is 1. The molecule has 3 aromatic rings. The van der Waals surface area contributed by atoms with Crippen LogP contribution in [0.5, 0.6) is 0 Å². The number of ether oxygens (including phenoxy) is 1. The summed E-state index contributed by atoms with van der Waals surface area (Å²) in [5.74, 6) is -0.277. The average Bonchev–Trinajstić information content (AvgIpc) is 2.94. The summed E-state index contributed by atoms with van der Waals surface area (Å²) in [7, 11) is 0. The molecular formula is C18H16N2O4. The second-order valence-corrected chi connectivity index (χ2v) is 5.14. The maximum atomic E-state index is 12.5. The van der Waals surface area contributed by atoms with Gasteiger partial charge in [0.2, 0.25) is 0 Å². The van der Waals surface area contributed by atoms with Gasteiger partial charge in [-0.1, -0.05) is 12.1 Å². The minimum absolute atomic E-state index is 0.267. The van der Waals surface area contributed by atoms with E-state index in [-0.39, 0.29) is 12.5 Å². The molecule has 1 heterocycles. The Morgan fingerprint density at radius 2 is 2.00 bits per heavy atom. The van der Waals surface area contributed by atoms with Crippen LogP contribution in [0.15, 0.2) is 46.9 Å². The van der Waals surface area contributed by atoms with Crippen molar-refractivity contribution in [2.45, 2.75) is 13.8 Å². The molecule has 0 saturated heterocycles. The SMILES string of the molecule is CCOC(=O)c1ccccc1NC(=O)c1ccc2oc(C)nc2c1. The highest BCUT2D eigenvalue weighted by molar-refractivity contribution is 6.09. The third kappa shape index (κ3) is 3.12. The molecule has 2 aromatic carbocycles. The first-order valence-corrected chi connectivity index (χ1v) is 7.53. The molecule has 0 fully saturated rings. The fourth-order valence-electron chi connectivity index (χ4n) is 2.36. The third-order valence-electron chi connectivity index (χ3n) is 3.43. The van der Waals surface area contributed by atoms with Crippen LogP contribution in [0, 0.1) is 6.92 Å². The Kier molecular flexibility index (Phi) is 4.29. The zero-order valence-corrected chi connectivity index (χ0v) is 13.3. The number of carbonyl (C=O) groups is 2. The van der Waals surface area contributed by atoms with E-state index >= 15 is 0 Å². The highest BCUT2D eigenvalue weighted by Gasteiger charge is 2.15. The molecule has 24 heavy (non-hydrogen) atoms. The molecule has 0 radical (unpaired) electrons. The van der Waals surface area contributed by atoms with Crippen molar-refractivity contribution in [3.05, 3.63) is 59.5 Å². The number of carbonyl (C=O) groups excluding carboxylic acids is 2. The molecule has 1 amide bonds. The van der Waals surface area contributed by atoms with Crippen LogP contribution in [-0.4, -0.2) is 23.5 Å². The molecule has 1 aromatic heterocycles. The van der Waals surface area contributed by atoms with Crippen LogP contribution in [0.1, 0.15) is 33.5 Å². The number of para-hydroxylation sites is 1. The van der Waals surface area contributed by atoms with Crippen LogP contribution >= 0.6 is 0 Å². The summed E-state index contributed by atoms with van der Waals surface area (Å²) in [6.45, 7) is 3.74. The quantitative estimate of drug-likeness (QED) is 0.742. The molecule has 0 aliphatic rings. The van der Waals surface area contributed by atoms with Gasteiger partial charge < -0.3 is 14.5 Å². The van der Waals surface area contributed by atoms with Crippen LogP contribution in [0.25, 0.3) is 11.1 Å². The Balaban J connectivity index is 1.87. The van der Waals surface area contributed by atoms with Crippen LogP contribution in [0.2, 0.25) is 0 Å². The van der Waals surface area contributed by atoms with Gasteiger partial charge in [-0.05, 0) is 37.3 Å². The number of esters is 1. The largest absolute Gasteiger partial charge is 0.462 e. The fraction of sp³-hybridized carbons (Fsp3) is 0.167. The lowest BCUT2D eigenvalue weighted by atomic mass is 10.1. The molecule has 0 bridgehead atoms. The van der Waals surface area contributed by atoms with Gasteiger partial charge in [0, 0.05) is 12.5 Å². The molecule has 0 aliphatic carbocycles. The van der Waals surface area contributed by atoms with Gasteiger partial charge in [-0.3, -0.25) is 4.79 Å². The molecular weight excluding hydrogens is 308 g/mol. The van der Waals surface area contributed by atoms with Gasteiger partial charge in [0.1, 0.15) is 5.52 Å². The lowest BCUT2D eigenvalue weighted by molar-refractivity contribution is 0.0527. The van der Waals surface area contributed by atoms with Crippen molar-refractivity contribution in [2.75, 3.05) is 11.9 Å². The van der Waals surface area contributed by atoms with E-state index in [4.69, 9.17) is 9.15 Å². The monoisotopic (exact) mass is 324 g/mol. The molecule has 122 valence electrons. The van der Waals surface area contributed by atoms with Crippen molar-refractivity contribution >= 4 is 28.7 Å². The summed E-state index contributed by atoms with van der Waals surface area (Å²) in [5, 5.41) is 2.74. The van der Waals surface area contributed by atoms with Gasteiger partial charge >= 0.3 is 5.97 Å². The predicted octanol–water partition coefficient (Wildman–Crippen LogP) is 3.57. The maximum Gasteiger partial charge on any atom is 0.340 e. The molecule has 0 spiro atoms. The van der Waals surface area contributed by atoms with Gasteiger partial charge in [-0.2, -0.15) is 0 Å².